The van der Waals surface area contributed by atoms with Crippen LogP contribution in [0.15, 0.2) is 0 Å². The van der Waals surface area contributed by atoms with Crippen molar-refractivity contribution in [3.05, 3.63) is 0 Å². The SMILES string of the molecule is COCC(C)NC(C)(C)C(N)=O. The Morgan fingerprint density at radius 2 is 2.17 bits per heavy atom. The van der Waals surface area contributed by atoms with Crippen molar-refractivity contribution < 1.29 is 9.53 Å². The van der Waals surface area contributed by atoms with E-state index in [1.165, 1.54) is 0 Å². The number of hydrogen-bond acceptors (Lipinski definition) is 3. The number of nitrogens with one attached hydrogen (secondary N) is 1. The molecule has 4 heteroatoms. The normalized spacial score (nSPS) is 14.3. The number of primary amides is 1. The summed E-state index contributed by atoms with van der Waals surface area (Å²) in [5.41, 5.74) is 4.50. The number of nitrogens with two attached hydrogens (primary N) is 1. The fraction of sp³-hybridized carbons (Fsp3) is 0.875. The van der Waals surface area contributed by atoms with E-state index in [0.29, 0.717) is 6.61 Å². The Kier molecular flexibility index (Phi) is 4.20. The number of carbonyl (C=O) groups excluding carboxylic acids is 1. The molecular weight excluding hydrogens is 156 g/mol. The van der Waals surface area contributed by atoms with Crippen LogP contribution in [0.4, 0.5) is 0 Å². The van der Waals surface area contributed by atoms with Gasteiger partial charge >= 0.3 is 0 Å². The van der Waals surface area contributed by atoms with Crippen LogP contribution in [0.3, 0.4) is 0 Å². The molecule has 0 aliphatic carbocycles. The molecule has 0 aromatic rings. The van der Waals surface area contributed by atoms with Crippen molar-refractivity contribution in [2.45, 2.75) is 32.4 Å². The van der Waals surface area contributed by atoms with E-state index in [0.717, 1.165) is 0 Å². The largest absolute Gasteiger partial charge is 0.383 e. The summed E-state index contributed by atoms with van der Waals surface area (Å²) in [6.45, 7) is 6.01. The Hall–Kier alpha value is -0.610. The first-order valence-corrected chi connectivity index (χ1v) is 3.96. The van der Waals surface area contributed by atoms with Gasteiger partial charge in [-0.05, 0) is 20.8 Å². The number of amides is 1. The van der Waals surface area contributed by atoms with Gasteiger partial charge < -0.3 is 10.5 Å². The number of ether oxygens (including phenoxy) is 1. The second-order valence-corrected chi connectivity index (χ2v) is 3.49. The molecule has 0 aliphatic heterocycles. The third-order valence-electron chi connectivity index (χ3n) is 1.64. The minimum absolute atomic E-state index is 0.123. The first-order chi connectivity index (χ1) is 5.40. The zero-order valence-corrected chi connectivity index (χ0v) is 8.18. The Bertz CT molecular complexity index is 157. The molecule has 4 nitrogen and oxygen atoms in total. The van der Waals surface area contributed by atoms with Gasteiger partial charge in [0.25, 0.3) is 0 Å². The molecule has 0 saturated carbocycles. The summed E-state index contributed by atoms with van der Waals surface area (Å²) in [6, 6.07) is 0.123. The van der Waals surface area contributed by atoms with Gasteiger partial charge in [-0.3, -0.25) is 10.1 Å². The molecule has 1 amide bonds. The minimum atomic E-state index is -0.669. The highest BCUT2D eigenvalue weighted by atomic mass is 16.5. The first-order valence-electron chi connectivity index (χ1n) is 3.96. The molecule has 0 fully saturated rings. The second kappa shape index (κ2) is 4.42. The summed E-state index contributed by atoms with van der Waals surface area (Å²) in [4.78, 5) is 10.9. The topological polar surface area (TPSA) is 64.3 Å². The first kappa shape index (κ1) is 11.4. The molecule has 0 rings (SSSR count). The molecule has 12 heavy (non-hydrogen) atoms. The Morgan fingerprint density at radius 3 is 2.50 bits per heavy atom. The maximum Gasteiger partial charge on any atom is 0.237 e. The number of hydrogen-bond donors (Lipinski definition) is 2. The standard InChI is InChI=1S/C8H18N2O2/c1-6(5-12-4)10-8(2,3)7(9)11/h6,10H,5H2,1-4H3,(H2,9,11). The lowest BCUT2D eigenvalue weighted by molar-refractivity contribution is -0.123. The Morgan fingerprint density at radius 1 is 1.67 bits per heavy atom. The van der Waals surface area contributed by atoms with Gasteiger partial charge in [-0.15, -0.1) is 0 Å². The van der Waals surface area contributed by atoms with Crippen LogP contribution >= 0.6 is 0 Å². The Balaban J connectivity index is 3.96. The van der Waals surface area contributed by atoms with Crippen molar-refractivity contribution in [3.63, 3.8) is 0 Å². The van der Waals surface area contributed by atoms with E-state index in [4.69, 9.17) is 10.5 Å². The average Bonchev–Trinajstić information content (AvgIpc) is 1.85. The summed E-state index contributed by atoms with van der Waals surface area (Å²) in [5, 5.41) is 3.06. The van der Waals surface area contributed by atoms with Crippen molar-refractivity contribution in [2.75, 3.05) is 13.7 Å². The van der Waals surface area contributed by atoms with Crippen molar-refractivity contribution in [3.8, 4) is 0 Å². The fourth-order valence-electron chi connectivity index (χ4n) is 0.979. The van der Waals surface area contributed by atoms with Crippen molar-refractivity contribution >= 4 is 5.91 Å². The molecule has 1 atom stereocenters. The van der Waals surface area contributed by atoms with E-state index in [1.54, 1.807) is 21.0 Å². The van der Waals surface area contributed by atoms with E-state index < -0.39 is 5.54 Å². The van der Waals surface area contributed by atoms with E-state index >= 15 is 0 Å². The minimum Gasteiger partial charge on any atom is -0.383 e. The lowest BCUT2D eigenvalue weighted by Crippen LogP contribution is -2.54. The molecule has 0 radical (unpaired) electrons. The van der Waals surface area contributed by atoms with Crippen molar-refractivity contribution in [1.82, 2.24) is 5.32 Å². The van der Waals surface area contributed by atoms with Crippen LogP contribution in [0, 0.1) is 0 Å². The van der Waals surface area contributed by atoms with E-state index in [1.807, 2.05) is 6.92 Å². The lowest BCUT2D eigenvalue weighted by atomic mass is 10.0. The number of methoxy groups -OCH3 is 1. The molecule has 1 unspecified atom stereocenters. The second-order valence-electron chi connectivity index (χ2n) is 3.49. The van der Waals surface area contributed by atoms with E-state index in [-0.39, 0.29) is 11.9 Å². The van der Waals surface area contributed by atoms with Gasteiger partial charge in [0, 0.05) is 13.2 Å². The molecule has 0 bridgehead atoms. The monoisotopic (exact) mass is 174 g/mol. The van der Waals surface area contributed by atoms with Crippen LogP contribution in [0.25, 0.3) is 0 Å². The molecule has 0 aliphatic rings. The van der Waals surface area contributed by atoms with Crippen molar-refractivity contribution in [2.24, 2.45) is 5.73 Å². The molecule has 3 N–H and O–H groups in total. The van der Waals surface area contributed by atoms with Crippen LogP contribution in [-0.4, -0.2) is 31.2 Å². The zero-order chi connectivity index (χ0) is 9.78. The van der Waals surface area contributed by atoms with Gasteiger partial charge in [0.2, 0.25) is 5.91 Å². The van der Waals surface area contributed by atoms with Crippen LogP contribution in [-0.2, 0) is 9.53 Å². The summed E-state index contributed by atoms with van der Waals surface area (Å²) in [5.74, 6) is -0.356. The maximum atomic E-state index is 10.9. The quantitative estimate of drug-likeness (QED) is 0.610. The zero-order valence-electron chi connectivity index (χ0n) is 8.18. The number of carbonyl (C=O) groups is 1. The van der Waals surface area contributed by atoms with Gasteiger partial charge in [0.15, 0.2) is 0 Å². The maximum absolute atomic E-state index is 10.9. The molecule has 0 aromatic heterocycles. The van der Waals surface area contributed by atoms with Gasteiger partial charge in [0.1, 0.15) is 0 Å². The smallest absolute Gasteiger partial charge is 0.237 e. The van der Waals surface area contributed by atoms with E-state index in [2.05, 4.69) is 5.32 Å². The van der Waals surface area contributed by atoms with Gasteiger partial charge in [-0.1, -0.05) is 0 Å². The van der Waals surface area contributed by atoms with Crippen LogP contribution < -0.4 is 11.1 Å². The summed E-state index contributed by atoms with van der Waals surface area (Å²) in [6.07, 6.45) is 0. The highest BCUT2D eigenvalue weighted by molar-refractivity contribution is 5.83. The van der Waals surface area contributed by atoms with Gasteiger partial charge in [0.05, 0.1) is 12.1 Å². The lowest BCUT2D eigenvalue weighted by Gasteiger charge is -2.26. The fourth-order valence-corrected chi connectivity index (χ4v) is 0.979. The van der Waals surface area contributed by atoms with Crippen LogP contribution in [0.2, 0.25) is 0 Å². The van der Waals surface area contributed by atoms with Crippen molar-refractivity contribution in [1.29, 1.82) is 0 Å². The van der Waals surface area contributed by atoms with Crippen LogP contribution in [0.5, 0.6) is 0 Å². The molecule has 0 saturated heterocycles. The average molecular weight is 174 g/mol. The summed E-state index contributed by atoms with van der Waals surface area (Å²) >= 11 is 0. The van der Waals surface area contributed by atoms with Gasteiger partial charge in [-0.2, -0.15) is 0 Å². The highest BCUT2D eigenvalue weighted by Gasteiger charge is 2.25. The molecule has 0 heterocycles. The third-order valence-corrected chi connectivity index (χ3v) is 1.64. The summed E-state index contributed by atoms with van der Waals surface area (Å²) in [7, 11) is 1.62. The van der Waals surface area contributed by atoms with Gasteiger partial charge in [-0.25, -0.2) is 0 Å². The number of rotatable bonds is 5. The molecule has 0 aromatic carbocycles. The predicted molar refractivity (Wildman–Crippen MR) is 47.7 cm³/mol. The summed E-state index contributed by atoms with van der Waals surface area (Å²) < 4.78 is 4.91. The van der Waals surface area contributed by atoms with E-state index in [9.17, 15) is 4.79 Å². The molecule has 0 spiro atoms. The predicted octanol–water partition coefficient (Wildman–Crippen LogP) is -0.125. The third kappa shape index (κ3) is 3.69. The molecule has 72 valence electrons. The van der Waals surface area contributed by atoms with Crippen LogP contribution in [0.1, 0.15) is 20.8 Å². The highest BCUT2D eigenvalue weighted by Crippen LogP contribution is 2.02. The Labute approximate surface area is 73.5 Å². The molecular formula is C8H18N2O2.